The third kappa shape index (κ3) is 3.80. The van der Waals surface area contributed by atoms with Crippen LogP contribution in [-0.4, -0.2) is 33.2 Å². The number of nitrogens with two attached hydrogens (primary N) is 1. The summed E-state index contributed by atoms with van der Waals surface area (Å²) in [5.41, 5.74) is 8.99. The van der Waals surface area contributed by atoms with Crippen molar-refractivity contribution in [1.82, 2.24) is 20.2 Å². The Hall–Kier alpha value is -3.42. The van der Waals surface area contributed by atoms with E-state index in [2.05, 4.69) is 20.8 Å². The van der Waals surface area contributed by atoms with Gasteiger partial charge < -0.3 is 15.8 Å². The molecule has 144 valence electrons. The fourth-order valence-electron chi connectivity index (χ4n) is 3.13. The molecule has 0 spiro atoms. The quantitative estimate of drug-likeness (QED) is 0.612. The molecule has 1 saturated carbocycles. The molecule has 0 atom stereocenters. The van der Waals surface area contributed by atoms with Crippen molar-refractivity contribution < 1.29 is 9.53 Å². The molecule has 3 aromatic rings. The Morgan fingerprint density at radius 1 is 1.29 bits per heavy atom. The predicted molar refractivity (Wildman–Crippen MR) is 105 cm³/mol. The number of methoxy groups -OCH3 is 1. The number of ether oxygens (including phenoxy) is 1. The SMILES string of the molecule is COc1ccc(NC(=O)CCc2ccccc2N)cc1-n1nnnc1C1CC1. The van der Waals surface area contributed by atoms with Crippen LogP contribution in [0.5, 0.6) is 5.75 Å². The van der Waals surface area contributed by atoms with E-state index in [1.807, 2.05) is 30.3 Å². The molecule has 4 rings (SSSR count). The summed E-state index contributed by atoms with van der Waals surface area (Å²) in [6.07, 6.45) is 3.09. The Kier molecular flexibility index (Phi) is 4.92. The van der Waals surface area contributed by atoms with E-state index in [1.54, 1.807) is 23.9 Å². The number of tetrazole rings is 1. The number of hydrogen-bond acceptors (Lipinski definition) is 6. The summed E-state index contributed by atoms with van der Waals surface area (Å²) in [5, 5.41) is 15.0. The van der Waals surface area contributed by atoms with Gasteiger partial charge in [-0.15, -0.1) is 5.10 Å². The Labute approximate surface area is 162 Å². The van der Waals surface area contributed by atoms with E-state index >= 15 is 0 Å². The van der Waals surface area contributed by atoms with Gasteiger partial charge in [-0.2, -0.15) is 4.68 Å². The molecule has 28 heavy (non-hydrogen) atoms. The molecule has 0 unspecified atom stereocenters. The number of hydrogen-bond donors (Lipinski definition) is 2. The largest absolute Gasteiger partial charge is 0.494 e. The summed E-state index contributed by atoms with van der Waals surface area (Å²) in [6, 6.07) is 13.0. The van der Waals surface area contributed by atoms with Crippen molar-refractivity contribution in [3.8, 4) is 11.4 Å². The van der Waals surface area contributed by atoms with Gasteiger partial charge in [0.2, 0.25) is 5.91 Å². The first-order valence-corrected chi connectivity index (χ1v) is 9.25. The van der Waals surface area contributed by atoms with E-state index in [4.69, 9.17) is 10.5 Å². The summed E-state index contributed by atoms with van der Waals surface area (Å²) in [4.78, 5) is 12.4. The molecular weight excluding hydrogens is 356 g/mol. The zero-order valence-corrected chi connectivity index (χ0v) is 15.6. The van der Waals surface area contributed by atoms with E-state index in [1.165, 1.54) is 0 Å². The van der Waals surface area contributed by atoms with Gasteiger partial charge in [-0.05, 0) is 59.5 Å². The summed E-state index contributed by atoms with van der Waals surface area (Å²) < 4.78 is 7.15. The van der Waals surface area contributed by atoms with Crippen LogP contribution in [-0.2, 0) is 11.2 Å². The lowest BCUT2D eigenvalue weighted by Gasteiger charge is -2.12. The molecule has 1 fully saturated rings. The molecule has 2 aromatic carbocycles. The van der Waals surface area contributed by atoms with Crippen molar-refractivity contribution >= 4 is 17.3 Å². The van der Waals surface area contributed by atoms with E-state index in [0.717, 1.165) is 24.2 Å². The second kappa shape index (κ2) is 7.67. The van der Waals surface area contributed by atoms with E-state index in [-0.39, 0.29) is 5.91 Å². The number of rotatable bonds is 7. The number of aryl methyl sites for hydroxylation is 1. The van der Waals surface area contributed by atoms with Gasteiger partial charge in [-0.3, -0.25) is 4.79 Å². The Morgan fingerprint density at radius 3 is 2.86 bits per heavy atom. The lowest BCUT2D eigenvalue weighted by Crippen LogP contribution is -2.13. The highest BCUT2D eigenvalue weighted by Gasteiger charge is 2.30. The zero-order chi connectivity index (χ0) is 19.5. The Balaban J connectivity index is 1.50. The Morgan fingerprint density at radius 2 is 2.11 bits per heavy atom. The molecule has 3 N–H and O–H groups in total. The van der Waals surface area contributed by atoms with Crippen molar-refractivity contribution in [1.29, 1.82) is 0 Å². The van der Waals surface area contributed by atoms with Crippen LogP contribution >= 0.6 is 0 Å². The van der Waals surface area contributed by atoms with Crippen LogP contribution < -0.4 is 15.8 Å². The van der Waals surface area contributed by atoms with Crippen LogP contribution in [0, 0.1) is 0 Å². The maximum absolute atomic E-state index is 12.4. The van der Waals surface area contributed by atoms with Gasteiger partial charge in [0.05, 0.1) is 7.11 Å². The molecule has 1 amide bonds. The average Bonchev–Trinajstić information content (AvgIpc) is 3.44. The summed E-state index contributed by atoms with van der Waals surface area (Å²) in [6.45, 7) is 0. The minimum Gasteiger partial charge on any atom is -0.494 e. The molecule has 8 heteroatoms. The molecule has 8 nitrogen and oxygen atoms in total. The topological polar surface area (TPSA) is 108 Å². The normalized spacial score (nSPS) is 13.3. The fraction of sp³-hybridized carbons (Fsp3) is 0.300. The number of nitrogens with one attached hydrogen (secondary N) is 1. The Bertz CT molecular complexity index is 996. The molecule has 0 bridgehead atoms. The smallest absolute Gasteiger partial charge is 0.224 e. The van der Waals surface area contributed by atoms with Crippen molar-refractivity contribution in [3.05, 3.63) is 53.9 Å². The molecule has 1 aromatic heterocycles. The molecular formula is C20H22N6O2. The molecule has 0 aliphatic heterocycles. The monoisotopic (exact) mass is 378 g/mol. The van der Waals surface area contributed by atoms with Gasteiger partial charge in [-0.1, -0.05) is 18.2 Å². The van der Waals surface area contributed by atoms with Crippen molar-refractivity contribution in [2.45, 2.75) is 31.6 Å². The number of carbonyl (C=O) groups excluding carboxylic acids is 1. The highest BCUT2D eigenvalue weighted by atomic mass is 16.5. The first-order valence-electron chi connectivity index (χ1n) is 9.25. The van der Waals surface area contributed by atoms with Gasteiger partial charge in [0.15, 0.2) is 5.82 Å². The van der Waals surface area contributed by atoms with Crippen molar-refractivity contribution in [2.75, 3.05) is 18.2 Å². The second-order valence-electron chi connectivity index (χ2n) is 6.86. The first kappa shape index (κ1) is 18.0. The molecule has 1 aliphatic carbocycles. The number of nitrogens with zero attached hydrogens (tertiary/aromatic N) is 4. The standard InChI is InChI=1S/C20H22N6O2/c1-28-18-10-9-15(12-17(18)26-20(14-6-7-14)23-24-25-26)22-19(27)11-8-13-4-2-3-5-16(13)21/h2-5,9-10,12,14H,6-8,11,21H2,1H3,(H,22,27). The second-order valence-corrected chi connectivity index (χ2v) is 6.86. The number of anilines is 2. The van der Waals surface area contributed by atoms with E-state index in [9.17, 15) is 4.79 Å². The van der Waals surface area contributed by atoms with Crippen LogP contribution in [0.2, 0.25) is 0 Å². The van der Waals surface area contributed by atoms with Crippen molar-refractivity contribution in [2.24, 2.45) is 0 Å². The first-order chi connectivity index (χ1) is 13.7. The van der Waals surface area contributed by atoms with Crippen LogP contribution in [0.4, 0.5) is 11.4 Å². The number of benzene rings is 2. The number of nitrogen functional groups attached to an aromatic ring is 1. The van der Waals surface area contributed by atoms with Crippen molar-refractivity contribution in [3.63, 3.8) is 0 Å². The van der Waals surface area contributed by atoms with Crippen LogP contribution in [0.25, 0.3) is 5.69 Å². The minimum atomic E-state index is -0.0847. The van der Waals surface area contributed by atoms with Gasteiger partial charge in [0.25, 0.3) is 0 Å². The highest BCUT2D eigenvalue weighted by Crippen LogP contribution is 2.40. The summed E-state index contributed by atoms with van der Waals surface area (Å²) in [7, 11) is 1.60. The lowest BCUT2D eigenvalue weighted by molar-refractivity contribution is -0.116. The number of carbonyl (C=O) groups is 1. The van der Waals surface area contributed by atoms with Crippen LogP contribution in [0.3, 0.4) is 0 Å². The van der Waals surface area contributed by atoms with Crippen LogP contribution in [0.15, 0.2) is 42.5 Å². The van der Waals surface area contributed by atoms with Gasteiger partial charge in [0, 0.05) is 23.7 Å². The molecule has 1 aliphatic rings. The number of para-hydroxylation sites is 1. The fourth-order valence-corrected chi connectivity index (χ4v) is 3.13. The molecule has 0 radical (unpaired) electrons. The molecule has 1 heterocycles. The minimum absolute atomic E-state index is 0.0847. The summed E-state index contributed by atoms with van der Waals surface area (Å²) >= 11 is 0. The number of aromatic nitrogens is 4. The summed E-state index contributed by atoms with van der Waals surface area (Å²) in [5.74, 6) is 1.76. The maximum atomic E-state index is 12.4. The predicted octanol–water partition coefficient (Wildman–Crippen LogP) is 2.70. The third-order valence-electron chi connectivity index (χ3n) is 4.80. The maximum Gasteiger partial charge on any atom is 0.224 e. The average molecular weight is 378 g/mol. The van der Waals surface area contributed by atoms with Crippen LogP contribution in [0.1, 0.15) is 36.6 Å². The van der Waals surface area contributed by atoms with Gasteiger partial charge in [-0.25, -0.2) is 0 Å². The van der Waals surface area contributed by atoms with Gasteiger partial charge >= 0.3 is 0 Å². The number of amides is 1. The molecule has 0 saturated heterocycles. The lowest BCUT2D eigenvalue weighted by atomic mass is 10.1. The van der Waals surface area contributed by atoms with Gasteiger partial charge in [0.1, 0.15) is 11.4 Å². The van der Waals surface area contributed by atoms with E-state index < -0.39 is 0 Å². The third-order valence-corrected chi connectivity index (χ3v) is 4.80. The highest BCUT2D eigenvalue weighted by molar-refractivity contribution is 5.91. The van der Waals surface area contributed by atoms with E-state index in [0.29, 0.717) is 41.6 Å². The zero-order valence-electron chi connectivity index (χ0n) is 15.6.